The first-order valence-corrected chi connectivity index (χ1v) is 10.3. The van der Waals surface area contributed by atoms with E-state index in [0.717, 1.165) is 0 Å². The fourth-order valence-corrected chi connectivity index (χ4v) is 4.35. The largest absolute Gasteiger partial charge is 0.478 e. The van der Waals surface area contributed by atoms with Crippen LogP contribution in [0.15, 0.2) is 46.8 Å². The number of allylic oxidation sites excluding steroid dienone is 2. The van der Waals surface area contributed by atoms with Crippen LogP contribution in [0, 0.1) is 16.0 Å². The van der Waals surface area contributed by atoms with Crippen molar-refractivity contribution in [3.8, 4) is 0 Å². The number of dihydropyridines is 1. The van der Waals surface area contributed by atoms with Crippen molar-refractivity contribution >= 4 is 52.4 Å². The molecular weight excluding hydrogens is 471 g/mol. The Morgan fingerprint density at radius 1 is 1.19 bits per heavy atom. The van der Waals surface area contributed by atoms with Gasteiger partial charge in [-0.25, -0.2) is 9.59 Å². The van der Waals surface area contributed by atoms with Crippen LogP contribution in [0.25, 0.3) is 0 Å². The molecule has 8 nitrogen and oxygen atoms in total. The monoisotopic (exact) mass is 490 g/mol. The molecule has 11 heteroatoms. The van der Waals surface area contributed by atoms with Crippen molar-refractivity contribution in [3.63, 3.8) is 0 Å². The number of aliphatic carboxylic acids is 1. The second-order valence-electron chi connectivity index (χ2n) is 7.40. The van der Waals surface area contributed by atoms with Crippen LogP contribution in [0.2, 0.25) is 0 Å². The average molecular weight is 492 g/mol. The van der Waals surface area contributed by atoms with E-state index < -0.39 is 32.7 Å². The number of alkyl halides is 3. The summed E-state index contributed by atoms with van der Waals surface area (Å²) >= 11 is 17.9. The van der Waals surface area contributed by atoms with Gasteiger partial charge in [0.25, 0.3) is 5.69 Å². The molecule has 0 radical (unpaired) electrons. The lowest BCUT2D eigenvalue weighted by molar-refractivity contribution is -0.384. The van der Waals surface area contributed by atoms with Crippen molar-refractivity contribution in [2.45, 2.75) is 43.5 Å². The molecule has 1 aliphatic rings. The number of esters is 1. The molecule has 2 unspecified atom stereocenters. The number of hydrogen-bond donors (Lipinski definition) is 2. The molecular formula is C20H21Cl3N2O6. The van der Waals surface area contributed by atoms with Gasteiger partial charge in [-0.3, -0.25) is 10.1 Å². The Hall–Kier alpha value is -2.29. The molecule has 0 amide bonds. The van der Waals surface area contributed by atoms with E-state index >= 15 is 0 Å². The Morgan fingerprint density at radius 2 is 1.77 bits per heavy atom. The Kier molecular flexibility index (Phi) is 7.62. The Labute approximate surface area is 193 Å². The maximum Gasteiger partial charge on any atom is 0.337 e. The number of carbonyl (C=O) groups excluding carboxylic acids is 1. The van der Waals surface area contributed by atoms with Crippen molar-refractivity contribution in [2.24, 2.45) is 5.92 Å². The molecule has 0 aliphatic carbocycles. The maximum atomic E-state index is 13.2. The summed E-state index contributed by atoms with van der Waals surface area (Å²) < 4.78 is 3.58. The van der Waals surface area contributed by atoms with Crippen LogP contribution >= 0.6 is 34.8 Å². The van der Waals surface area contributed by atoms with Gasteiger partial charge < -0.3 is 15.2 Å². The van der Waals surface area contributed by atoms with E-state index in [1.54, 1.807) is 20.8 Å². The lowest BCUT2D eigenvalue weighted by atomic mass is 9.80. The minimum atomic E-state index is -1.91. The predicted octanol–water partition coefficient (Wildman–Crippen LogP) is 4.85. The van der Waals surface area contributed by atoms with Crippen LogP contribution in [0.5, 0.6) is 0 Å². The first kappa shape index (κ1) is 25.0. The molecule has 1 aliphatic heterocycles. The van der Waals surface area contributed by atoms with Crippen molar-refractivity contribution < 1.29 is 24.4 Å². The van der Waals surface area contributed by atoms with Crippen molar-refractivity contribution in [3.05, 3.63) is 62.5 Å². The van der Waals surface area contributed by atoms with Gasteiger partial charge in [-0.15, -0.1) is 0 Å². The molecule has 0 saturated carbocycles. The average Bonchev–Trinajstić information content (AvgIpc) is 2.63. The van der Waals surface area contributed by atoms with Gasteiger partial charge in [-0.05, 0) is 25.3 Å². The highest BCUT2D eigenvalue weighted by molar-refractivity contribution is 6.68. The fraction of sp³-hybridized carbons (Fsp3) is 0.400. The Balaban J connectivity index is 2.64. The number of ether oxygens (including phenoxy) is 1. The summed E-state index contributed by atoms with van der Waals surface area (Å²) in [6.45, 7) is 6.51. The lowest BCUT2D eigenvalue weighted by Crippen LogP contribution is -2.39. The summed E-state index contributed by atoms with van der Waals surface area (Å²) in [5.41, 5.74) is 0.436. The molecule has 2 atom stereocenters. The van der Waals surface area contributed by atoms with E-state index in [-0.39, 0.29) is 28.3 Å². The minimum absolute atomic E-state index is 0.0385. The molecule has 1 aromatic carbocycles. The highest BCUT2D eigenvalue weighted by Gasteiger charge is 2.42. The molecule has 2 N–H and O–H groups in total. The van der Waals surface area contributed by atoms with Gasteiger partial charge in [0.1, 0.15) is 0 Å². The van der Waals surface area contributed by atoms with Gasteiger partial charge in [-0.2, -0.15) is 0 Å². The molecule has 0 spiro atoms. The van der Waals surface area contributed by atoms with Crippen LogP contribution in [0.4, 0.5) is 5.69 Å². The number of rotatable bonds is 6. The first-order valence-electron chi connectivity index (χ1n) is 9.19. The zero-order chi connectivity index (χ0) is 23.7. The zero-order valence-electron chi connectivity index (χ0n) is 17.1. The fourth-order valence-electron chi connectivity index (χ4n) is 3.46. The number of hydrogen-bond acceptors (Lipinski definition) is 6. The van der Waals surface area contributed by atoms with Gasteiger partial charge in [0.2, 0.25) is 3.79 Å². The number of nitro benzene ring substituents is 1. The second-order valence-corrected chi connectivity index (χ2v) is 9.77. The van der Waals surface area contributed by atoms with Crippen LogP contribution in [-0.4, -0.2) is 31.9 Å². The molecule has 0 bridgehead atoms. The topological polar surface area (TPSA) is 119 Å². The number of carboxylic acids is 1. The van der Waals surface area contributed by atoms with E-state index in [4.69, 9.17) is 39.5 Å². The van der Waals surface area contributed by atoms with Crippen LogP contribution in [0.1, 0.15) is 39.2 Å². The summed E-state index contributed by atoms with van der Waals surface area (Å²) in [5, 5.41) is 23.9. The number of benzene rings is 1. The summed E-state index contributed by atoms with van der Waals surface area (Å²) in [5.74, 6) is -3.67. The quantitative estimate of drug-likeness (QED) is 0.253. The zero-order valence-corrected chi connectivity index (χ0v) is 19.4. The minimum Gasteiger partial charge on any atom is -0.478 e. The highest BCUT2D eigenvalue weighted by Crippen LogP contribution is 2.42. The van der Waals surface area contributed by atoms with Gasteiger partial charge in [0, 0.05) is 23.5 Å². The smallest absolute Gasteiger partial charge is 0.337 e. The van der Waals surface area contributed by atoms with E-state index in [2.05, 4.69) is 5.32 Å². The van der Waals surface area contributed by atoms with Gasteiger partial charge in [0.15, 0.2) is 6.10 Å². The maximum absolute atomic E-state index is 13.2. The first-order chi connectivity index (χ1) is 14.3. The third kappa shape index (κ3) is 5.50. The number of nitro groups is 1. The summed E-state index contributed by atoms with van der Waals surface area (Å²) in [7, 11) is 0. The SMILES string of the molecule is CC1=C(C(=O)O)C(c2cccc([N+](=O)[O-])c2)C(C(=O)OC(C(C)C)C(Cl)(Cl)Cl)=C(C)N1. The van der Waals surface area contributed by atoms with Crippen LogP contribution in [-0.2, 0) is 14.3 Å². The molecule has 2 rings (SSSR count). The number of nitrogens with one attached hydrogen (secondary N) is 1. The number of halogens is 3. The van der Waals surface area contributed by atoms with E-state index in [9.17, 15) is 24.8 Å². The van der Waals surface area contributed by atoms with E-state index in [0.29, 0.717) is 11.4 Å². The summed E-state index contributed by atoms with van der Waals surface area (Å²) in [4.78, 5) is 35.9. The summed E-state index contributed by atoms with van der Waals surface area (Å²) in [6.07, 6.45) is -1.11. The Morgan fingerprint density at radius 3 is 2.26 bits per heavy atom. The predicted molar refractivity (Wildman–Crippen MR) is 117 cm³/mol. The molecule has 1 heterocycles. The molecule has 0 aromatic heterocycles. The number of carbonyl (C=O) groups is 2. The van der Waals surface area contributed by atoms with E-state index in [1.165, 1.54) is 31.2 Å². The normalized spacial score (nSPS) is 18.0. The van der Waals surface area contributed by atoms with Gasteiger partial charge >= 0.3 is 11.9 Å². The second kappa shape index (κ2) is 9.46. The third-order valence-corrected chi connectivity index (χ3v) is 5.43. The van der Waals surface area contributed by atoms with Crippen LogP contribution < -0.4 is 5.32 Å². The lowest BCUT2D eigenvalue weighted by Gasteiger charge is -2.32. The number of carboxylic acid groups (broad SMARTS) is 1. The van der Waals surface area contributed by atoms with Crippen molar-refractivity contribution in [1.82, 2.24) is 5.32 Å². The molecule has 168 valence electrons. The number of nitrogens with zero attached hydrogens (tertiary/aromatic N) is 1. The van der Waals surface area contributed by atoms with Crippen LogP contribution in [0.3, 0.4) is 0 Å². The third-order valence-electron chi connectivity index (χ3n) is 4.79. The van der Waals surface area contributed by atoms with E-state index in [1.807, 2.05) is 0 Å². The number of non-ortho nitro benzene ring substituents is 1. The van der Waals surface area contributed by atoms with Gasteiger partial charge in [-0.1, -0.05) is 60.8 Å². The molecule has 31 heavy (non-hydrogen) atoms. The van der Waals surface area contributed by atoms with Gasteiger partial charge in [0.05, 0.1) is 22.0 Å². The molecule has 0 fully saturated rings. The molecule has 0 saturated heterocycles. The van der Waals surface area contributed by atoms with Crippen molar-refractivity contribution in [1.29, 1.82) is 0 Å². The Bertz CT molecular complexity index is 981. The standard InChI is InChI=1S/C20H21Cl3N2O6/c1-9(2)17(20(21,22)23)31-19(28)15-11(4)24-10(3)14(18(26)27)16(15)12-6-5-7-13(8-12)25(29)30/h5-9,16-17,24H,1-4H3,(H,26,27). The molecule has 1 aromatic rings. The summed E-state index contributed by atoms with van der Waals surface area (Å²) in [6, 6.07) is 5.42. The highest BCUT2D eigenvalue weighted by atomic mass is 35.6. The van der Waals surface area contributed by atoms with Crippen molar-refractivity contribution in [2.75, 3.05) is 0 Å².